The number of aromatic nitrogens is 1. The van der Waals surface area contributed by atoms with Crippen LogP contribution in [0.5, 0.6) is 0 Å². The zero-order chi connectivity index (χ0) is 17.0. The van der Waals surface area contributed by atoms with Crippen molar-refractivity contribution in [1.29, 1.82) is 0 Å². The molecule has 0 spiro atoms. The summed E-state index contributed by atoms with van der Waals surface area (Å²) in [5, 5.41) is 0.981. The second kappa shape index (κ2) is 7.72. The fraction of sp³-hybridized carbons (Fsp3) is 0.733. The molecule has 1 fully saturated rings. The van der Waals surface area contributed by atoms with E-state index in [1.165, 1.54) is 0 Å². The average Bonchev–Trinajstić information content (AvgIpc) is 2.77. The molecule has 0 atom stereocenters. The predicted octanol–water partition coefficient (Wildman–Crippen LogP) is 1.62. The van der Waals surface area contributed by atoms with Crippen molar-refractivity contribution in [3.8, 4) is 0 Å². The van der Waals surface area contributed by atoms with Crippen molar-refractivity contribution in [3.05, 3.63) is 15.6 Å². The van der Waals surface area contributed by atoms with E-state index in [1.807, 2.05) is 25.7 Å². The monoisotopic (exact) mass is 359 g/mol. The van der Waals surface area contributed by atoms with E-state index >= 15 is 0 Å². The van der Waals surface area contributed by atoms with Gasteiger partial charge in [-0.3, -0.25) is 4.79 Å². The van der Waals surface area contributed by atoms with Crippen LogP contribution in [0.1, 0.15) is 41.8 Å². The third-order valence-corrected chi connectivity index (χ3v) is 6.55. The summed E-state index contributed by atoms with van der Waals surface area (Å²) in [6, 6.07) is -0.0566. The van der Waals surface area contributed by atoms with Crippen molar-refractivity contribution in [2.45, 2.75) is 52.5 Å². The first-order valence-corrected chi connectivity index (χ1v) is 10.5. The van der Waals surface area contributed by atoms with Crippen molar-refractivity contribution in [1.82, 2.24) is 14.6 Å². The molecule has 1 aromatic rings. The summed E-state index contributed by atoms with van der Waals surface area (Å²) in [6.45, 7) is 6.98. The third kappa shape index (κ3) is 5.26. The summed E-state index contributed by atoms with van der Waals surface area (Å²) in [5.41, 5.74) is 0.864. The van der Waals surface area contributed by atoms with E-state index in [1.54, 1.807) is 11.3 Å². The van der Waals surface area contributed by atoms with Crippen LogP contribution in [0.2, 0.25) is 0 Å². The van der Waals surface area contributed by atoms with E-state index in [9.17, 15) is 13.2 Å². The number of nitrogens with one attached hydrogen (secondary N) is 1. The predicted molar refractivity (Wildman–Crippen MR) is 92.1 cm³/mol. The lowest BCUT2D eigenvalue weighted by Gasteiger charge is -2.32. The molecule has 0 unspecified atom stereocenters. The fourth-order valence-corrected chi connectivity index (χ4v) is 5.05. The third-order valence-electron chi connectivity index (χ3n) is 3.99. The number of thiazole rings is 1. The molecule has 1 amide bonds. The Hall–Kier alpha value is -0.990. The van der Waals surface area contributed by atoms with Crippen molar-refractivity contribution < 1.29 is 13.2 Å². The molecule has 2 heterocycles. The molecule has 1 N–H and O–H groups in total. The highest BCUT2D eigenvalue weighted by Gasteiger charge is 2.26. The Kier molecular flexibility index (Phi) is 6.16. The first-order valence-electron chi connectivity index (χ1n) is 8.01. The van der Waals surface area contributed by atoms with Gasteiger partial charge in [-0.15, -0.1) is 11.3 Å². The van der Waals surface area contributed by atoms with Crippen LogP contribution < -0.4 is 4.72 Å². The average molecular weight is 360 g/mol. The molecule has 1 aliphatic heterocycles. The van der Waals surface area contributed by atoms with Crippen LogP contribution in [-0.4, -0.2) is 49.1 Å². The van der Waals surface area contributed by atoms with Crippen molar-refractivity contribution in [2.75, 3.05) is 18.8 Å². The van der Waals surface area contributed by atoms with E-state index < -0.39 is 10.0 Å². The molecule has 0 saturated carbocycles. The highest BCUT2D eigenvalue weighted by Crippen LogP contribution is 2.19. The number of sulfonamides is 1. The van der Waals surface area contributed by atoms with Gasteiger partial charge in [0.05, 0.1) is 22.9 Å². The molecule has 1 aromatic heterocycles. The van der Waals surface area contributed by atoms with Gasteiger partial charge in [-0.25, -0.2) is 18.1 Å². The maximum Gasteiger partial charge on any atom is 0.228 e. The van der Waals surface area contributed by atoms with Crippen molar-refractivity contribution >= 4 is 27.3 Å². The largest absolute Gasteiger partial charge is 0.342 e. The second-order valence-corrected chi connectivity index (χ2v) is 9.29. The summed E-state index contributed by atoms with van der Waals surface area (Å²) in [4.78, 5) is 19.7. The van der Waals surface area contributed by atoms with Gasteiger partial charge in [0.1, 0.15) is 0 Å². The smallest absolute Gasteiger partial charge is 0.228 e. The lowest BCUT2D eigenvalue weighted by atomic mass is 10.1. The number of hydrogen-bond acceptors (Lipinski definition) is 5. The molecule has 130 valence electrons. The van der Waals surface area contributed by atoms with Crippen LogP contribution in [0.4, 0.5) is 0 Å². The molecule has 23 heavy (non-hydrogen) atoms. The molecule has 0 aromatic carbocycles. The Morgan fingerprint density at radius 3 is 2.52 bits per heavy atom. The Bertz CT molecular complexity index is 647. The Morgan fingerprint density at radius 2 is 2.00 bits per heavy atom. The summed E-state index contributed by atoms with van der Waals surface area (Å²) in [6.07, 6.45) is 2.29. The molecule has 8 heteroatoms. The quantitative estimate of drug-likeness (QED) is 0.837. The van der Waals surface area contributed by atoms with Crippen LogP contribution >= 0.6 is 11.3 Å². The molecular weight excluding hydrogens is 334 g/mol. The molecule has 1 aliphatic rings. The maximum atomic E-state index is 12.4. The van der Waals surface area contributed by atoms with Gasteiger partial charge in [-0.1, -0.05) is 6.92 Å². The minimum absolute atomic E-state index is 0.0566. The molecule has 0 bridgehead atoms. The van der Waals surface area contributed by atoms with Gasteiger partial charge in [0.25, 0.3) is 0 Å². The minimum Gasteiger partial charge on any atom is -0.342 e. The van der Waals surface area contributed by atoms with E-state index in [0.717, 1.165) is 15.6 Å². The number of aryl methyl sites for hydroxylation is 2. The Balaban J connectivity index is 1.84. The molecule has 0 radical (unpaired) electrons. The lowest BCUT2D eigenvalue weighted by molar-refractivity contribution is -0.131. The highest BCUT2D eigenvalue weighted by atomic mass is 32.2. The van der Waals surface area contributed by atoms with E-state index in [0.29, 0.717) is 38.8 Å². The fourth-order valence-electron chi connectivity index (χ4n) is 2.82. The van der Waals surface area contributed by atoms with E-state index in [2.05, 4.69) is 9.71 Å². The van der Waals surface area contributed by atoms with Gasteiger partial charge in [0.15, 0.2) is 0 Å². The lowest BCUT2D eigenvalue weighted by Crippen LogP contribution is -2.47. The summed E-state index contributed by atoms with van der Waals surface area (Å²) in [5.74, 6) is 0.238. The van der Waals surface area contributed by atoms with Gasteiger partial charge in [0.2, 0.25) is 15.9 Å². The molecule has 2 rings (SSSR count). The van der Waals surface area contributed by atoms with Crippen LogP contribution in [-0.2, 0) is 21.2 Å². The number of nitrogens with zero attached hydrogens (tertiary/aromatic N) is 2. The zero-order valence-electron chi connectivity index (χ0n) is 14.0. The van der Waals surface area contributed by atoms with Crippen molar-refractivity contribution in [3.63, 3.8) is 0 Å². The topological polar surface area (TPSA) is 79.4 Å². The SMILES string of the molecule is CCCS(=O)(=O)NC1CCN(C(=O)Cc2nc(C)sc2C)CC1. The molecule has 6 nitrogen and oxygen atoms in total. The van der Waals surface area contributed by atoms with Crippen LogP contribution in [0, 0.1) is 13.8 Å². The number of amides is 1. The van der Waals surface area contributed by atoms with Crippen LogP contribution in [0.3, 0.4) is 0 Å². The Labute approximate surface area is 142 Å². The van der Waals surface area contributed by atoms with Crippen LogP contribution in [0.25, 0.3) is 0 Å². The number of likely N-dealkylation sites (tertiary alicyclic amines) is 1. The normalized spacial score (nSPS) is 16.7. The number of carbonyl (C=O) groups is 1. The Morgan fingerprint density at radius 1 is 1.35 bits per heavy atom. The summed E-state index contributed by atoms with van der Waals surface area (Å²) in [7, 11) is -3.18. The molecule has 1 saturated heterocycles. The van der Waals surface area contributed by atoms with Crippen molar-refractivity contribution in [2.24, 2.45) is 0 Å². The van der Waals surface area contributed by atoms with E-state index in [4.69, 9.17) is 0 Å². The molecular formula is C15H25N3O3S2. The van der Waals surface area contributed by atoms with Crippen LogP contribution in [0.15, 0.2) is 0 Å². The highest BCUT2D eigenvalue weighted by molar-refractivity contribution is 7.89. The molecule has 0 aliphatic carbocycles. The van der Waals surface area contributed by atoms with Gasteiger partial charge in [-0.05, 0) is 33.1 Å². The van der Waals surface area contributed by atoms with Gasteiger partial charge >= 0.3 is 0 Å². The van der Waals surface area contributed by atoms with Gasteiger partial charge in [-0.2, -0.15) is 0 Å². The number of hydrogen-bond donors (Lipinski definition) is 1. The standard InChI is InChI=1S/C15H25N3O3S2/c1-4-9-23(20,21)17-13-5-7-18(8-6-13)15(19)10-14-11(2)22-12(3)16-14/h13,17H,4-10H2,1-3H3. The second-order valence-electron chi connectivity index (χ2n) is 6.00. The van der Waals surface area contributed by atoms with Gasteiger partial charge in [0, 0.05) is 24.0 Å². The summed E-state index contributed by atoms with van der Waals surface area (Å²) >= 11 is 1.61. The first kappa shape index (κ1) is 18.4. The first-order chi connectivity index (χ1) is 10.8. The number of carbonyl (C=O) groups excluding carboxylic acids is 1. The minimum atomic E-state index is -3.18. The maximum absolute atomic E-state index is 12.4. The summed E-state index contributed by atoms with van der Waals surface area (Å²) < 4.78 is 26.3. The number of rotatable bonds is 6. The zero-order valence-corrected chi connectivity index (χ0v) is 15.6. The van der Waals surface area contributed by atoms with Gasteiger partial charge < -0.3 is 4.90 Å². The van der Waals surface area contributed by atoms with E-state index in [-0.39, 0.29) is 17.7 Å². The number of piperidine rings is 1.